The minimum atomic E-state index is 0.530. The molecule has 0 fully saturated rings. The second-order valence-electron chi connectivity index (χ2n) is 4.96. The van der Waals surface area contributed by atoms with Gasteiger partial charge in [-0.05, 0) is 31.5 Å². The summed E-state index contributed by atoms with van der Waals surface area (Å²) in [6.07, 6.45) is 5.10. The molecule has 0 aliphatic heterocycles. The van der Waals surface area contributed by atoms with Crippen LogP contribution in [0.2, 0.25) is 0 Å². The van der Waals surface area contributed by atoms with Crippen LogP contribution in [-0.2, 0) is 6.54 Å². The van der Waals surface area contributed by atoms with E-state index in [9.17, 15) is 0 Å². The number of hydrogen-bond acceptors (Lipinski definition) is 3. The third kappa shape index (κ3) is 5.52. The van der Waals surface area contributed by atoms with Crippen LogP contribution in [0.3, 0.4) is 0 Å². The van der Waals surface area contributed by atoms with Crippen LogP contribution in [0.1, 0.15) is 45.1 Å². The van der Waals surface area contributed by atoms with Gasteiger partial charge in [-0.3, -0.25) is 0 Å². The van der Waals surface area contributed by atoms with Gasteiger partial charge in [0.25, 0.3) is 0 Å². The SMILES string of the molecule is CCCCCC(C)NCc1cc(OC)ccc1OC. The Morgan fingerprint density at radius 2 is 1.95 bits per heavy atom. The molecule has 0 aliphatic carbocycles. The first-order valence-corrected chi connectivity index (χ1v) is 7.15. The molecule has 1 atom stereocenters. The van der Waals surface area contributed by atoms with Gasteiger partial charge in [-0.15, -0.1) is 0 Å². The van der Waals surface area contributed by atoms with Gasteiger partial charge >= 0.3 is 0 Å². The predicted molar refractivity (Wildman–Crippen MR) is 80.0 cm³/mol. The van der Waals surface area contributed by atoms with E-state index in [0.29, 0.717) is 6.04 Å². The monoisotopic (exact) mass is 265 g/mol. The fourth-order valence-corrected chi connectivity index (χ4v) is 2.11. The summed E-state index contributed by atoms with van der Waals surface area (Å²) in [7, 11) is 3.39. The van der Waals surface area contributed by atoms with Crippen molar-refractivity contribution < 1.29 is 9.47 Å². The van der Waals surface area contributed by atoms with Crippen LogP contribution >= 0.6 is 0 Å². The molecule has 3 nitrogen and oxygen atoms in total. The largest absolute Gasteiger partial charge is 0.497 e. The molecule has 108 valence electrons. The van der Waals surface area contributed by atoms with E-state index in [0.717, 1.165) is 23.6 Å². The topological polar surface area (TPSA) is 30.5 Å². The molecule has 1 N–H and O–H groups in total. The molecule has 1 unspecified atom stereocenters. The maximum atomic E-state index is 5.38. The number of rotatable bonds is 9. The van der Waals surface area contributed by atoms with Crippen LogP contribution in [0, 0.1) is 0 Å². The van der Waals surface area contributed by atoms with Crippen LogP contribution in [0.15, 0.2) is 18.2 Å². The molecule has 0 aromatic heterocycles. The quantitative estimate of drug-likeness (QED) is 0.690. The highest BCUT2D eigenvalue weighted by molar-refractivity contribution is 5.40. The van der Waals surface area contributed by atoms with Crippen molar-refractivity contribution in [3.63, 3.8) is 0 Å². The van der Waals surface area contributed by atoms with Crippen LogP contribution < -0.4 is 14.8 Å². The summed E-state index contributed by atoms with van der Waals surface area (Å²) in [4.78, 5) is 0. The second-order valence-corrected chi connectivity index (χ2v) is 4.96. The van der Waals surface area contributed by atoms with Crippen molar-refractivity contribution in [2.24, 2.45) is 0 Å². The summed E-state index contributed by atoms with van der Waals surface area (Å²) in [5, 5.41) is 3.55. The first kappa shape index (κ1) is 15.8. The number of methoxy groups -OCH3 is 2. The van der Waals surface area contributed by atoms with E-state index in [1.165, 1.54) is 25.7 Å². The fraction of sp³-hybridized carbons (Fsp3) is 0.625. The first-order chi connectivity index (χ1) is 9.21. The van der Waals surface area contributed by atoms with Crippen molar-refractivity contribution >= 4 is 0 Å². The van der Waals surface area contributed by atoms with Crippen LogP contribution in [-0.4, -0.2) is 20.3 Å². The standard InChI is InChI=1S/C16H27NO2/c1-5-6-7-8-13(2)17-12-14-11-15(18-3)9-10-16(14)19-4/h9-11,13,17H,5-8,12H2,1-4H3. The number of nitrogens with one attached hydrogen (secondary N) is 1. The van der Waals surface area contributed by atoms with Crippen LogP contribution in [0.5, 0.6) is 11.5 Å². The Labute approximate surface area is 117 Å². The van der Waals surface area contributed by atoms with Crippen molar-refractivity contribution in [1.29, 1.82) is 0 Å². The van der Waals surface area contributed by atoms with Gasteiger partial charge in [0, 0.05) is 18.2 Å². The molecule has 0 bridgehead atoms. The molecular formula is C16H27NO2. The van der Waals surface area contributed by atoms with Gasteiger partial charge in [-0.1, -0.05) is 26.2 Å². The number of hydrogen-bond donors (Lipinski definition) is 1. The summed E-state index contributed by atoms with van der Waals surface area (Å²) in [5.41, 5.74) is 1.14. The van der Waals surface area contributed by atoms with E-state index in [-0.39, 0.29) is 0 Å². The summed E-state index contributed by atoms with van der Waals surface area (Å²) in [6.45, 7) is 5.29. The molecule has 0 radical (unpaired) electrons. The molecule has 0 heterocycles. The third-order valence-corrected chi connectivity index (χ3v) is 3.37. The van der Waals surface area contributed by atoms with Crippen molar-refractivity contribution in [2.75, 3.05) is 14.2 Å². The van der Waals surface area contributed by atoms with E-state index >= 15 is 0 Å². The van der Waals surface area contributed by atoms with Gasteiger partial charge < -0.3 is 14.8 Å². The van der Waals surface area contributed by atoms with Gasteiger partial charge in [0.2, 0.25) is 0 Å². The minimum absolute atomic E-state index is 0.530. The fourth-order valence-electron chi connectivity index (χ4n) is 2.11. The highest BCUT2D eigenvalue weighted by Crippen LogP contribution is 2.23. The van der Waals surface area contributed by atoms with Crippen molar-refractivity contribution in [3.05, 3.63) is 23.8 Å². The second kappa shape index (κ2) is 8.81. The molecule has 3 heteroatoms. The average molecular weight is 265 g/mol. The van der Waals surface area contributed by atoms with E-state index in [1.807, 2.05) is 18.2 Å². The first-order valence-electron chi connectivity index (χ1n) is 7.15. The van der Waals surface area contributed by atoms with E-state index < -0.39 is 0 Å². The van der Waals surface area contributed by atoms with Gasteiger partial charge in [0.1, 0.15) is 11.5 Å². The highest BCUT2D eigenvalue weighted by Gasteiger charge is 2.07. The minimum Gasteiger partial charge on any atom is -0.497 e. The van der Waals surface area contributed by atoms with Gasteiger partial charge in [-0.2, -0.15) is 0 Å². The van der Waals surface area contributed by atoms with Crippen molar-refractivity contribution in [2.45, 2.75) is 52.1 Å². The Morgan fingerprint density at radius 3 is 2.58 bits per heavy atom. The summed E-state index contributed by atoms with van der Waals surface area (Å²) in [5.74, 6) is 1.78. The van der Waals surface area contributed by atoms with Crippen molar-refractivity contribution in [3.8, 4) is 11.5 Å². The maximum Gasteiger partial charge on any atom is 0.123 e. The van der Waals surface area contributed by atoms with E-state index in [1.54, 1.807) is 14.2 Å². The lowest BCUT2D eigenvalue weighted by Crippen LogP contribution is -2.25. The summed E-state index contributed by atoms with van der Waals surface area (Å²) < 4.78 is 10.6. The Morgan fingerprint density at radius 1 is 1.16 bits per heavy atom. The molecule has 1 rings (SSSR count). The molecule has 19 heavy (non-hydrogen) atoms. The zero-order chi connectivity index (χ0) is 14.1. The Bertz CT molecular complexity index is 366. The lowest BCUT2D eigenvalue weighted by atomic mass is 10.1. The maximum absolute atomic E-state index is 5.38. The van der Waals surface area contributed by atoms with Crippen molar-refractivity contribution in [1.82, 2.24) is 5.32 Å². The Balaban J connectivity index is 2.51. The van der Waals surface area contributed by atoms with Gasteiger partial charge in [0.05, 0.1) is 14.2 Å². The Kier molecular flexibility index (Phi) is 7.34. The normalized spacial score (nSPS) is 12.2. The lowest BCUT2D eigenvalue weighted by molar-refractivity contribution is 0.394. The molecule has 0 aliphatic rings. The Hall–Kier alpha value is -1.22. The van der Waals surface area contributed by atoms with Crippen LogP contribution in [0.4, 0.5) is 0 Å². The van der Waals surface area contributed by atoms with E-state index in [4.69, 9.17) is 9.47 Å². The van der Waals surface area contributed by atoms with Gasteiger partial charge in [-0.25, -0.2) is 0 Å². The van der Waals surface area contributed by atoms with Crippen LogP contribution in [0.25, 0.3) is 0 Å². The molecule has 1 aromatic carbocycles. The molecular weight excluding hydrogens is 238 g/mol. The highest BCUT2D eigenvalue weighted by atomic mass is 16.5. The molecule has 0 amide bonds. The summed E-state index contributed by atoms with van der Waals surface area (Å²) in [6, 6.07) is 6.44. The zero-order valence-electron chi connectivity index (χ0n) is 12.7. The number of benzene rings is 1. The summed E-state index contributed by atoms with van der Waals surface area (Å²) >= 11 is 0. The molecule has 1 aromatic rings. The predicted octanol–water partition coefficient (Wildman–Crippen LogP) is 3.76. The molecule has 0 saturated carbocycles. The van der Waals surface area contributed by atoms with Gasteiger partial charge in [0.15, 0.2) is 0 Å². The smallest absolute Gasteiger partial charge is 0.123 e. The zero-order valence-corrected chi connectivity index (χ0v) is 12.7. The third-order valence-electron chi connectivity index (χ3n) is 3.37. The van der Waals surface area contributed by atoms with E-state index in [2.05, 4.69) is 19.2 Å². The number of ether oxygens (including phenoxy) is 2. The molecule has 0 saturated heterocycles. The number of unbranched alkanes of at least 4 members (excludes halogenated alkanes) is 2. The molecule has 0 spiro atoms. The average Bonchev–Trinajstić information content (AvgIpc) is 2.45. The lowest BCUT2D eigenvalue weighted by Gasteiger charge is -2.16.